The average molecular weight is 288 g/mol. The minimum Gasteiger partial charge on any atom is -0.494 e. The Labute approximate surface area is 125 Å². The highest BCUT2D eigenvalue weighted by molar-refractivity contribution is 5.41. The van der Waals surface area contributed by atoms with E-state index in [0.717, 1.165) is 30.0 Å². The Hall–Kier alpha value is -2.10. The van der Waals surface area contributed by atoms with E-state index in [1.807, 2.05) is 24.3 Å². The van der Waals surface area contributed by atoms with Gasteiger partial charge in [0.1, 0.15) is 5.75 Å². The fraction of sp³-hybridized carbons (Fsp3) is 0.353. The lowest BCUT2D eigenvalue weighted by Gasteiger charge is -2.08. The smallest absolute Gasteiger partial charge is 0.212 e. The third-order valence-electron chi connectivity index (χ3n) is 3.16. The lowest BCUT2D eigenvalue weighted by molar-refractivity contribution is 0.306. The molecule has 1 N–H and O–H groups in total. The molecule has 0 bridgehead atoms. The van der Waals surface area contributed by atoms with Crippen LogP contribution in [0.3, 0.4) is 0 Å². The molecule has 0 radical (unpaired) electrons. The number of halogens is 1. The van der Waals surface area contributed by atoms with Gasteiger partial charge in [-0.2, -0.15) is 4.39 Å². The number of nitrogens with zero attached hydrogens (tertiary/aromatic N) is 1. The van der Waals surface area contributed by atoms with Crippen LogP contribution in [0.5, 0.6) is 5.75 Å². The molecule has 0 atom stereocenters. The van der Waals surface area contributed by atoms with E-state index in [1.165, 1.54) is 25.1 Å². The summed E-state index contributed by atoms with van der Waals surface area (Å²) in [4.78, 5) is 3.61. The monoisotopic (exact) mass is 288 g/mol. The molecule has 1 aromatic heterocycles. The van der Waals surface area contributed by atoms with E-state index in [9.17, 15) is 4.39 Å². The van der Waals surface area contributed by atoms with Gasteiger partial charge in [0.05, 0.1) is 18.5 Å². The molecule has 1 aromatic carbocycles. The summed E-state index contributed by atoms with van der Waals surface area (Å²) in [6.45, 7) is 3.62. The largest absolute Gasteiger partial charge is 0.494 e. The molecule has 0 saturated carbocycles. The topological polar surface area (TPSA) is 34.1 Å². The van der Waals surface area contributed by atoms with Crippen molar-refractivity contribution in [3.8, 4) is 5.75 Å². The summed E-state index contributed by atoms with van der Waals surface area (Å²) < 4.78 is 18.4. The third-order valence-corrected chi connectivity index (χ3v) is 3.16. The average Bonchev–Trinajstić information content (AvgIpc) is 2.52. The van der Waals surface area contributed by atoms with Crippen molar-refractivity contribution in [2.45, 2.75) is 32.7 Å². The van der Waals surface area contributed by atoms with Crippen molar-refractivity contribution in [1.29, 1.82) is 0 Å². The van der Waals surface area contributed by atoms with Crippen LogP contribution in [0.2, 0.25) is 0 Å². The number of hydrogen-bond acceptors (Lipinski definition) is 3. The van der Waals surface area contributed by atoms with Gasteiger partial charge in [0.2, 0.25) is 5.95 Å². The first kappa shape index (κ1) is 15.3. The van der Waals surface area contributed by atoms with Crippen LogP contribution in [0.4, 0.5) is 10.1 Å². The van der Waals surface area contributed by atoms with E-state index in [0.29, 0.717) is 6.54 Å². The fourth-order valence-electron chi connectivity index (χ4n) is 1.93. The van der Waals surface area contributed by atoms with Gasteiger partial charge in [-0.1, -0.05) is 31.9 Å². The number of nitrogens with one attached hydrogen (secondary N) is 1. The molecule has 112 valence electrons. The van der Waals surface area contributed by atoms with Crippen LogP contribution in [0.25, 0.3) is 0 Å². The normalized spacial score (nSPS) is 10.4. The fourth-order valence-corrected chi connectivity index (χ4v) is 1.93. The van der Waals surface area contributed by atoms with Gasteiger partial charge < -0.3 is 10.1 Å². The number of hydrogen-bond donors (Lipinski definition) is 1. The molecule has 21 heavy (non-hydrogen) atoms. The van der Waals surface area contributed by atoms with Gasteiger partial charge in [0.15, 0.2) is 0 Å². The van der Waals surface area contributed by atoms with Crippen LogP contribution in [0.15, 0.2) is 42.6 Å². The molecule has 2 rings (SSSR count). The standard InChI is InChI=1S/C17H21FN2O/c1-2-3-4-11-21-16-8-5-14(6-9-16)12-19-15-7-10-17(18)20-13-15/h5-10,13,19H,2-4,11-12H2,1H3. The summed E-state index contributed by atoms with van der Waals surface area (Å²) in [6, 6.07) is 11.0. The Balaban J connectivity index is 1.78. The van der Waals surface area contributed by atoms with Gasteiger partial charge in [-0.05, 0) is 36.2 Å². The zero-order valence-corrected chi connectivity index (χ0v) is 12.3. The highest BCUT2D eigenvalue weighted by atomic mass is 19.1. The van der Waals surface area contributed by atoms with Gasteiger partial charge in [0.25, 0.3) is 0 Å². The number of pyridine rings is 1. The van der Waals surface area contributed by atoms with E-state index in [-0.39, 0.29) is 0 Å². The Bertz CT molecular complexity index is 525. The van der Waals surface area contributed by atoms with Crippen molar-refractivity contribution >= 4 is 5.69 Å². The lowest BCUT2D eigenvalue weighted by atomic mass is 10.2. The predicted octanol–water partition coefficient (Wildman–Crippen LogP) is 4.40. The van der Waals surface area contributed by atoms with Crippen LogP contribution >= 0.6 is 0 Å². The second kappa shape index (κ2) is 8.25. The maximum absolute atomic E-state index is 12.7. The molecule has 0 amide bonds. The summed E-state index contributed by atoms with van der Waals surface area (Å²) in [5, 5.41) is 3.20. The first-order chi connectivity index (χ1) is 10.3. The van der Waals surface area contributed by atoms with E-state index in [2.05, 4.69) is 17.2 Å². The van der Waals surface area contributed by atoms with Crippen LogP contribution in [-0.2, 0) is 6.54 Å². The third kappa shape index (κ3) is 5.42. The Morgan fingerprint density at radius 3 is 2.57 bits per heavy atom. The highest BCUT2D eigenvalue weighted by Gasteiger charge is 1.98. The molecule has 2 aromatic rings. The lowest BCUT2D eigenvalue weighted by Crippen LogP contribution is -2.01. The van der Waals surface area contributed by atoms with Crippen molar-refractivity contribution < 1.29 is 9.13 Å². The van der Waals surface area contributed by atoms with E-state index in [4.69, 9.17) is 4.74 Å². The van der Waals surface area contributed by atoms with E-state index < -0.39 is 5.95 Å². The Morgan fingerprint density at radius 2 is 1.90 bits per heavy atom. The molecule has 0 fully saturated rings. The summed E-state index contributed by atoms with van der Waals surface area (Å²) in [6.07, 6.45) is 4.98. The van der Waals surface area contributed by atoms with E-state index in [1.54, 1.807) is 6.07 Å². The molecule has 0 aliphatic heterocycles. The minimum absolute atomic E-state index is 0.467. The van der Waals surface area contributed by atoms with Crippen LogP contribution < -0.4 is 10.1 Å². The molecular weight excluding hydrogens is 267 g/mol. The number of unbranched alkanes of at least 4 members (excludes halogenated alkanes) is 2. The number of rotatable bonds is 8. The molecule has 3 nitrogen and oxygen atoms in total. The summed E-state index contributed by atoms with van der Waals surface area (Å²) in [7, 11) is 0. The van der Waals surface area contributed by atoms with Gasteiger partial charge in [-0.25, -0.2) is 4.98 Å². The molecule has 0 aliphatic carbocycles. The number of aromatic nitrogens is 1. The maximum Gasteiger partial charge on any atom is 0.212 e. The minimum atomic E-state index is -0.467. The molecule has 0 unspecified atom stereocenters. The summed E-state index contributed by atoms with van der Waals surface area (Å²) in [5.74, 6) is 0.434. The second-order valence-corrected chi connectivity index (χ2v) is 4.92. The Kier molecular flexibility index (Phi) is 6.00. The van der Waals surface area contributed by atoms with Crippen molar-refractivity contribution in [2.24, 2.45) is 0 Å². The van der Waals surface area contributed by atoms with Crippen molar-refractivity contribution in [2.75, 3.05) is 11.9 Å². The van der Waals surface area contributed by atoms with Crippen molar-refractivity contribution in [3.05, 3.63) is 54.1 Å². The summed E-state index contributed by atoms with van der Waals surface area (Å²) in [5.41, 5.74) is 1.94. The number of ether oxygens (including phenoxy) is 1. The molecule has 1 heterocycles. The zero-order valence-electron chi connectivity index (χ0n) is 12.3. The van der Waals surface area contributed by atoms with Crippen LogP contribution in [0, 0.1) is 5.95 Å². The number of benzene rings is 1. The zero-order chi connectivity index (χ0) is 14.9. The first-order valence-corrected chi connectivity index (χ1v) is 7.35. The second-order valence-electron chi connectivity index (χ2n) is 4.92. The van der Waals surface area contributed by atoms with E-state index >= 15 is 0 Å². The molecule has 0 saturated heterocycles. The summed E-state index contributed by atoms with van der Waals surface area (Å²) >= 11 is 0. The van der Waals surface area contributed by atoms with Crippen molar-refractivity contribution in [3.63, 3.8) is 0 Å². The number of anilines is 1. The SMILES string of the molecule is CCCCCOc1ccc(CNc2ccc(F)nc2)cc1. The predicted molar refractivity (Wildman–Crippen MR) is 83.0 cm³/mol. The van der Waals surface area contributed by atoms with Crippen LogP contribution in [0.1, 0.15) is 31.7 Å². The van der Waals surface area contributed by atoms with Gasteiger partial charge in [-0.3, -0.25) is 0 Å². The van der Waals surface area contributed by atoms with Crippen molar-refractivity contribution in [1.82, 2.24) is 4.98 Å². The molecular formula is C17H21FN2O. The first-order valence-electron chi connectivity index (χ1n) is 7.35. The molecule has 4 heteroatoms. The molecule has 0 spiro atoms. The highest BCUT2D eigenvalue weighted by Crippen LogP contribution is 2.14. The molecule has 0 aliphatic rings. The van der Waals surface area contributed by atoms with Crippen LogP contribution in [-0.4, -0.2) is 11.6 Å². The van der Waals surface area contributed by atoms with Gasteiger partial charge in [0, 0.05) is 6.54 Å². The van der Waals surface area contributed by atoms with Gasteiger partial charge >= 0.3 is 0 Å². The quantitative estimate of drug-likeness (QED) is 0.577. The van der Waals surface area contributed by atoms with Gasteiger partial charge in [-0.15, -0.1) is 0 Å². The maximum atomic E-state index is 12.7. The Morgan fingerprint density at radius 1 is 1.10 bits per heavy atom.